The summed E-state index contributed by atoms with van der Waals surface area (Å²) < 4.78 is 5.81. The van der Waals surface area contributed by atoms with Crippen LogP contribution in [0.1, 0.15) is 18.1 Å². The number of hydrogen-bond acceptors (Lipinski definition) is 2. The number of benzene rings is 2. The molecule has 2 aromatic rings. The molecule has 1 amide bonds. The van der Waals surface area contributed by atoms with Gasteiger partial charge in [-0.1, -0.05) is 43.0 Å². The van der Waals surface area contributed by atoms with Crippen LogP contribution in [-0.4, -0.2) is 19.1 Å². The number of carbonyl (C=O) groups is 1. The van der Waals surface area contributed by atoms with Crippen molar-refractivity contribution < 1.29 is 9.53 Å². The number of hydrogen-bond donors (Lipinski definition) is 1. The fourth-order valence-electron chi connectivity index (χ4n) is 2.73. The third kappa shape index (κ3) is 4.22. The van der Waals surface area contributed by atoms with Crippen molar-refractivity contribution in [2.24, 2.45) is 0 Å². The average molecular weight is 309 g/mol. The number of ether oxygens (including phenoxy) is 1. The summed E-state index contributed by atoms with van der Waals surface area (Å²) in [5, 5.41) is 5.22. The molecule has 0 aliphatic carbocycles. The van der Waals surface area contributed by atoms with Crippen LogP contribution in [-0.2, 0) is 17.6 Å². The van der Waals surface area contributed by atoms with Gasteiger partial charge in [-0.25, -0.2) is 0 Å². The molecular weight excluding hydrogens is 286 g/mol. The van der Waals surface area contributed by atoms with Gasteiger partial charge < -0.3 is 10.1 Å². The van der Waals surface area contributed by atoms with E-state index in [2.05, 4.69) is 36.7 Å². The third-order valence-electron chi connectivity index (χ3n) is 3.67. The molecule has 0 aliphatic rings. The fraction of sp³-hybridized carbons (Fsp3) is 0.250. The summed E-state index contributed by atoms with van der Waals surface area (Å²) in [6, 6.07) is 10.3. The molecule has 0 spiro atoms. The fourth-order valence-corrected chi connectivity index (χ4v) is 2.73. The van der Waals surface area contributed by atoms with E-state index in [1.165, 1.54) is 23.3 Å². The highest BCUT2D eigenvalue weighted by Crippen LogP contribution is 2.31. The molecule has 0 heterocycles. The summed E-state index contributed by atoms with van der Waals surface area (Å²) in [5.41, 5.74) is 2.34. The average Bonchev–Trinajstić information content (AvgIpc) is 2.54. The molecule has 0 radical (unpaired) electrons. The summed E-state index contributed by atoms with van der Waals surface area (Å²) >= 11 is 0. The van der Waals surface area contributed by atoms with Crippen molar-refractivity contribution in [1.82, 2.24) is 5.32 Å². The molecule has 3 nitrogen and oxygen atoms in total. The van der Waals surface area contributed by atoms with Crippen LogP contribution in [0.3, 0.4) is 0 Å². The molecule has 2 rings (SSSR count). The monoisotopic (exact) mass is 309 g/mol. The Labute approximate surface area is 137 Å². The minimum atomic E-state index is -0.00782. The van der Waals surface area contributed by atoms with Crippen LogP contribution in [0.4, 0.5) is 0 Å². The largest absolute Gasteiger partial charge is 0.489 e. The standard InChI is InChI=1S/C20H23NO2/c1-4-7-18-19(23-14-5-2)11-10-16-8-6-9-17(20(16)18)12-13-21-15(3)22/h4-6,8-11H,1-2,7,12-14H2,3H3,(H,21,22). The van der Waals surface area contributed by atoms with E-state index in [0.29, 0.717) is 13.2 Å². The first-order valence-electron chi connectivity index (χ1n) is 7.80. The first-order chi connectivity index (χ1) is 11.2. The number of rotatable bonds is 8. The molecule has 0 atom stereocenters. The Morgan fingerprint density at radius 2 is 2.04 bits per heavy atom. The van der Waals surface area contributed by atoms with Gasteiger partial charge in [0.15, 0.2) is 0 Å². The molecule has 0 fully saturated rings. The van der Waals surface area contributed by atoms with Crippen LogP contribution in [0.15, 0.2) is 55.6 Å². The zero-order valence-electron chi connectivity index (χ0n) is 13.6. The smallest absolute Gasteiger partial charge is 0.216 e. The predicted octanol–water partition coefficient (Wildman–Crippen LogP) is 3.81. The Balaban J connectivity index is 2.47. The second-order valence-corrected chi connectivity index (χ2v) is 5.38. The van der Waals surface area contributed by atoms with Crippen LogP contribution in [0, 0.1) is 0 Å². The minimum absolute atomic E-state index is 0.00782. The first-order valence-corrected chi connectivity index (χ1v) is 7.80. The molecule has 0 bridgehead atoms. The molecule has 2 aromatic carbocycles. The van der Waals surface area contributed by atoms with Crippen LogP contribution < -0.4 is 10.1 Å². The van der Waals surface area contributed by atoms with Gasteiger partial charge in [-0.05, 0) is 35.2 Å². The zero-order chi connectivity index (χ0) is 16.7. The molecule has 23 heavy (non-hydrogen) atoms. The second kappa shape index (κ2) is 8.18. The van der Waals surface area contributed by atoms with E-state index in [1.54, 1.807) is 6.08 Å². The molecule has 0 aromatic heterocycles. The number of nitrogens with one attached hydrogen (secondary N) is 1. The molecule has 0 unspecified atom stereocenters. The molecule has 3 heteroatoms. The van der Waals surface area contributed by atoms with Gasteiger partial charge in [0.25, 0.3) is 0 Å². The van der Waals surface area contributed by atoms with Crippen molar-refractivity contribution in [2.75, 3.05) is 13.2 Å². The molecular formula is C20H23NO2. The lowest BCUT2D eigenvalue weighted by molar-refractivity contribution is -0.118. The molecule has 0 saturated heterocycles. The maximum absolute atomic E-state index is 11.1. The van der Waals surface area contributed by atoms with Gasteiger partial charge in [0.2, 0.25) is 5.91 Å². The Morgan fingerprint density at radius 3 is 2.74 bits per heavy atom. The lowest BCUT2D eigenvalue weighted by Crippen LogP contribution is -2.22. The van der Waals surface area contributed by atoms with Crippen molar-refractivity contribution in [2.45, 2.75) is 19.8 Å². The van der Waals surface area contributed by atoms with Gasteiger partial charge >= 0.3 is 0 Å². The number of carbonyl (C=O) groups excluding carboxylic acids is 1. The quantitative estimate of drug-likeness (QED) is 0.753. The summed E-state index contributed by atoms with van der Waals surface area (Å²) in [6.45, 7) is 10.2. The van der Waals surface area contributed by atoms with Crippen molar-refractivity contribution in [3.8, 4) is 5.75 Å². The number of fused-ring (bicyclic) bond motifs is 1. The van der Waals surface area contributed by atoms with E-state index in [4.69, 9.17) is 4.74 Å². The van der Waals surface area contributed by atoms with Gasteiger partial charge in [-0.2, -0.15) is 0 Å². The van der Waals surface area contributed by atoms with Crippen molar-refractivity contribution in [1.29, 1.82) is 0 Å². The van der Waals surface area contributed by atoms with Crippen molar-refractivity contribution in [3.63, 3.8) is 0 Å². The van der Waals surface area contributed by atoms with Gasteiger partial charge in [0.05, 0.1) is 0 Å². The highest BCUT2D eigenvalue weighted by Gasteiger charge is 2.11. The predicted molar refractivity (Wildman–Crippen MR) is 95.9 cm³/mol. The van der Waals surface area contributed by atoms with Crippen molar-refractivity contribution >= 4 is 16.7 Å². The maximum Gasteiger partial charge on any atom is 0.216 e. The Morgan fingerprint density at radius 1 is 1.22 bits per heavy atom. The molecule has 120 valence electrons. The van der Waals surface area contributed by atoms with Crippen LogP contribution >= 0.6 is 0 Å². The number of amides is 1. The van der Waals surface area contributed by atoms with E-state index in [-0.39, 0.29) is 5.91 Å². The highest BCUT2D eigenvalue weighted by atomic mass is 16.5. The SMILES string of the molecule is C=CCOc1ccc2cccc(CCNC(C)=O)c2c1CC=C. The van der Waals surface area contributed by atoms with Gasteiger partial charge in [0.1, 0.15) is 12.4 Å². The Kier molecular flexibility index (Phi) is 5.98. The van der Waals surface area contributed by atoms with Gasteiger partial charge in [-0.3, -0.25) is 4.79 Å². The lowest BCUT2D eigenvalue weighted by Gasteiger charge is -2.15. The zero-order valence-corrected chi connectivity index (χ0v) is 13.6. The Bertz CT molecular complexity index is 719. The Hall–Kier alpha value is -2.55. The minimum Gasteiger partial charge on any atom is -0.489 e. The van der Waals surface area contributed by atoms with E-state index in [0.717, 1.165) is 24.2 Å². The van der Waals surface area contributed by atoms with Crippen LogP contribution in [0.5, 0.6) is 5.75 Å². The van der Waals surface area contributed by atoms with Crippen molar-refractivity contribution in [3.05, 3.63) is 66.8 Å². The van der Waals surface area contributed by atoms with Gasteiger partial charge in [-0.15, -0.1) is 6.58 Å². The molecule has 0 aliphatic heterocycles. The normalized spacial score (nSPS) is 10.3. The second-order valence-electron chi connectivity index (χ2n) is 5.38. The summed E-state index contributed by atoms with van der Waals surface area (Å²) in [4.78, 5) is 11.1. The first kappa shape index (κ1) is 16.8. The van der Waals surface area contributed by atoms with E-state index in [9.17, 15) is 4.79 Å². The lowest BCUT2D eigenvalue weighted by atomic mass is 9.95. The summed E-state index contributed by atoms with van der Waals surface area (Å²) in [6.07, 6.45) is 5.15. The highest BCUT2D eigenvalue weighted by molar-refractivity contribution is 5.91. The van der Waals surface area contributed by atoms with E-state index in [1.807, 2.05) is 18.2 Å². The summed E-state index contributed by atoms with van der Waals surface area (Å²) in [5.74, 6) is 0.857. The molecule has 0 saturated carbocycles. The topological polar surface area (TPSA) is 38.3 Å². The van der Waals surface area contributed by atoms with Crippen LogP contribution in [0.25, 0.3) is 10.8 Å². The van der Waals surface area contributed by atoms with E-state index >= 15 is 0 Å². The maximum atomic E-state index is 11.1. The summed E-state index contributed by atoms with van der Waals surface area (Å²) in [7, 11) is 0. The third-order valence-corrected chi connectivity index (χ3v) is 3.67. The van der Waals surface area contributed by atoms with Gasteiger partial charge in [0, 0.05) is 19.0 Å². The van der Waals surface area contributed by atoms with E-state index < -0.39 is 0 Å². The van der Waals surface area contributed by atoms with Crippen LogP contribution in [0.2, 0.25) is 0 Å². The number of allylic oxidation sites excluding steroid dienone is 1. The molecule has 1 N–H and O–H groups in total.